The molecule has 1 aliphatic rings. The van der Waals surface area contributed by atoms with Crippen LogP contribution in [0.25, 0.3) is 0 Å². The second-order valence-corrected chi connectivity index (χ2v) is 4.98. The van der Waals surface area contributed by atoms with Crippen LogP contribution < -0.4 is 4.90 Å². The molecule has 0 atom stereocenters. The highest BCUT2D eigenvalue weighted by Gasteiger charge is 2.17. The third kappa shape index (κ3) is 2.61. The molecular formula is C14H20N4. The SMILES string of the molecule is Cc1nnc(N2CCCCCCC2)c(C#N)c1C. The van der Waals surface area contributed by atoms with Crippen molar-refractivity contribution in [3.8, 4) is 6.07 Å². The molecule has 0 N–H and O–H groups in total. The quantitative estimate of drug-likeness (QED) is 0.762. The zero-order valence-corrected chi connectivity index (χ0v) is 11.2. The van der Waals surface area contributed by atoms with Gasteiger partial charge in [-0.15, -0.1) is 5.10 Å². The Morgan fingerprint density at radius 1 is 1.00 bits per heavy atom. The predicted molar refractivity (Wildman–Crippen MR) is 71.5 cm³/mol. The van der Waals surface area contributed by atoms with Crippen molar-refractivity contribution in [1.29, 1.82) is 5.26 Å². The normalized spacial score (nSPS) is 16.8. The minimum atomic E-state index is 0.697. The molecule has 0 unspecified atom stereocenters. The molecule has 0 amide bonds. The highest BCUT2D eigenvalue weighted by atomic mass is 15.3. The zero-order chi connectivity index (χ0) is 13.0. The molecule has 0 aromatic carbocycles. The van der Waals surface area contributed by atoms with Crippen molar-refractivity contribution in [3.05, 3.63) is 16.8 Å². The van der Waals surface area contributed by atoms with Crippen molar-refractivity contribution in [1.82, 2.24) is 10.2 Å². The van der Waals surface area contributed by atoms with Gasteiger partial charge in [0, 0.05) is 13.1 Å². The summed E-state index contributed by atoms with van der Waals surface area (Å²) in [7, 11) is 0. The Hall–Kier alpha value is -1.63. The fraction of sp³-hybridized carbons (Fsp3) is 0.643. The second-order valence-electron chi connectivity index (χ2n) is 4.98. The molecule has 1 saturated heterocycles. The Morgan fingerprint density at radius 2 is 1.61 bits per heavy atom. The lowest BCUT2D eigenvalue weighted by molar-refractivity contribution is 0.552. The van der Waals surface area contributed by atoms with Gasteiger partial charge in [-0.05, 0) is 32.3 Å². The van der Waals surface area contributed by atoms with Crippen molar-refractivity contribution in [2.24, 2.45) is 0 Å². The molecule has 96 valence electrons. The van der Waals surface area contributed by atoms with E-state index in [0.29, 0.717) is 5.56 Å². The number of anilines is 1. The molecule has 0 radical (unpaired) electrons. The summed E-state index contributed by atoms with van der Waals surface area (Å²) < 4.78 is 0. The van der Waals surface area contributed by atoms with Crippen LogP contribution >= 0.6 is 0 Å². The average Bonchev–Trinajstić information content (AvgIpc) is 2.33. The third-order valence-electron chi connectivity index (χ3n) is 3.70. The number of aromatic nitrogens is 2. The lowest BCUT2D eigenvalue weighted by atomic mass is 10.1. The van der Waals surface area contributed by atoms with Gasteiger partial charge in [-0.3, -0.25) is 0 Å². The molecule has 4 nitrogen and oxygen atoms in total. The van der Waals surface area contributed by atoms with Crippen LogP contribution in [0.3, 0.4) is 0 Å². The summed E-state index contributed by atoms with van der Waals surface area (Å²) in [5.41, 5.74) is 2.51. The van der Waals surface area contributed by atoms with Crippen molar-refractivity contribution < 1.29 is 0 Å². The Balaban J connectivity index is 2.31. The van der Waals surface area contributed by atoms with E-state index in [1.807, 2.05) is 13.8 Å². The Bertz CT molecular complexity index is 454. The molecule has 2 heterocycles. The highest BCUT2D eigenvalue weighted by Crippen LogP contribution is 2.23. The molecule has 0 saturated carbocycles. The average molecular weight is 244 g/mol. The van der Waals surface area contributed by atoms with Gasteiger partial charge in [0.2, 0.25) is 0 Å². The van der Waals surface area contributed by atoms with Crippen molar-refractivity contribution in [3.63, 3.8) is 0 Å². The van der Waals surface area contributed by atoms with Gasteiger partial charge < -0.3 is 4.90 Å². The van der Waals surface area contributed by atoms with Gasteiger partial charge >= 0.3 is 0 Å². The molecule has 1 fully saturated rings. The Morgan fingerprint density at radius 3 is 2.22 bits per heavy atom. The standard InChI is InChI=1S/C14H20N4/c1-11-12(2)16-17-14(13(11)10-15)18-8-6-4-3-5-7-9-18/h3-9H2,1-2H3. The van der Waals surface area contributed by atoms with E-state index in [4.69, 9.17) is 0 Å². The maximum absolute atomic E-state index is 9.34. The molecule has 1 aliphatic heterocycles. The van der Waals surface area contributed by atoms with Crippen molar-refractivity contribution in [2.45, 2.75) is 46.0 Å². The monoisotopic (exact) mass is 244 g/mol. The van der Waals surface area contributed by atoms with Crippen LogP contribution in [0.15, 0.2) is 0 Å². The second kappa shape index (κ2) is 5.81. The van der Waals surface area contributed by atoms with Gasteiger partial charge in [0.1, 0.15) is 11.6 Å². The fourth-order valence-electron chi connectivity index (χ4n) is 2.41. The first-order chi connectivity index (χ1) is 8.74. The van der Waals surface area contributed by atoms with Crippen molar-refractivity contribution in [2.75, 3.05) is 18.0 Å². The first-order valence-corrected chi connectivity index (χ1v) is 6.73. The van der Waals surface area contributed by atoms with Crippen LogP contribution in [-0.4, -0.2) is 23.3 Å². The number of rotatable bonds is 1. The number of aryl methyl sites for hydroxylation is 1. The summed E-state index contributed by atoms with van der Waals surface area (Å²) in [5.74, 6) is 0.780. The minimum absolute atomic E-state index is 0.697. The molecule has 18 heavy (non-hydrogen) atoms. The van der Waals surface area contributed by atoms with Crippen LogP contribution in [0.4, 0.5) is 5.82 Å². The summed E-state index contributed by atoms with van der Waals surface area (Å²) in [6, 6.07) is 2.29. The van der Waals surface area contributed by atoms with Crippen molar-refractivity contribution >= 4 is 5.82 Å². The maximum atomic E-state index is 9.34. The fourth-order valence-corrected chi connectivity index (χ4v) is 2.41. The number of nitriles is 1. The molecule has 4 heteroatoms. The van der Waals surface area contributed by atoms with E-state index in [0.717, 1.165) is 30.2 Å². The first-order valence-electron chi connectivity index (χ1n) is 6.73. The lowest BCUT2D eigenvalue weighted by Gasteiger charge is -2.26. The Kier molecular flexibility index (Phi) is 4.14. The summed E-state index contributed by atoms with van der Waals surface area (Å²) >= 11 is 0. The van der Waals surface area contributed by atoms with Gasteiger partial charge in [-0.2, -0.15) is 10.4 Å². The molecule has 1 aromatic heterocycles. The van der Waals surface area contributed by atoms with E-state index < -0.39 is 0 Å². The van der Waals surface area contributed by atoms with Gasteiger partial charge in [-0.25, -0.2) is 0 Å². The van der Waals surface area contributed by atoms with Gasteiger partial charge in [-0.1, -0.05) is 19.3 Å². The lowest BCUT2D eigenvalue weighted by Crippen LogP contribution is -2.29. The molecule has 1 aromatic rings. The largest absolute Gasteiger partial charge is 0.354 e. The minimum Gasteiger partial charge on any atom is -0.354 e. The summed E-state index contributed by atoms with van der Waals surface area (Å²) in [4.78, 5) is 2.23. The molecule has 2 rings (SSSR count). The smallest absolute Gasteiger partial charge is 0.169 e. The summed E-state index contributed by atoms with van der Waals surface area (Å²) in [6.07, 6.45) is 6.24. The van der Waals surface area contributed by atoms with E-state index in [2.05, 4.69) is 21.2 Å². The topological polar surface area (TPSA) is 52.8 Å². The van der Waals surface area contributed by atoms with Crippen LogP contribution in [0.5, 0.6) is 0 Å². The van der Waals surface area contributed by atoms with Gasteiger partial charge in [0.15, 0.2) is 5.82 Å². The molecule has 0 bridgehead atoms. The number of nitrogens with zero attached hydrogens (tertiary/aromatic N) is 4. The first kappa shape index (κ1) is 12.8. The summed E-state index contributed by atoms with van der Waals surface area (Å²) in [6.45, 7) is 5.84. The maximum Gasteiger partial charge on any atom is 0.169 e. The van der Waals surface area contributed by atoms with E-state index >= 15 is 0 Å². The highest BCUT2D eigenvalue weighted by molar-refractivity contribution is 5.57. The van der Waals surface area contributed by atoms with Gasteiger partial charge in [0.25, 0.3) is 0 Å². The molecule has 0 aliphatic carbocycles. The van der Waals surface area contributed by atoms with E-state index in [1.54, 1.807) is 0 Å². The molecular weight excluding hydrogens is 224 g/mol. The van der Waals surface area contributed by atoms with Crippen LogP contribution in [0.2, 0.25) is 0 Å². The van der Waals surface area contributed by atoms with E-state index in [1.165, 1.54) is 32.1 Å². The van der Waals surface area contributed by atoms with E-state index in [9.17, 15) is 5.26 Å². The predicted octanol–water partition coefficient (Wildman–Crippen LogP) is 2.74. The van der Waals surface area contributed by atoms with Crippen LogP contribution in [-0.2, 0) is 0 Å². The number of hydrogen-bond acceptors (Lipinski definition) is 4. The zero-order valence-electron chi connectivity index (χ0n) is 11.2. The molecule has 0 spiro atoms. The summed E-state index contributed by atoms with van der Waals surface area (Å²) in [5, 5.41) is 17.8. The third-order valence-corrected chi connectivity index (χ3v) is 3.70. The van der Waals surface area contributed by atoms with Crippen LogP contribution in [0.1, 0.15) is 48.9 Å². The Labute approximate surface area is 109 Å². The van der Waals surface area contributed by atoms with Crippen LogP contribution in [0, 0.1) is 25.2 Å². The number of hydrogen-bond donors (Lipinski definition) is 0. The van der Waals surface area contributed by atoms with Gasteiger partial charge in [0.05, 0.1) is 5.69 Å². The van der Waals surface area contributed by atoms with E-state index in [-0.39, 0.29) is 0 Å².